The van der Waals surface area contributed by atoms with Crippen LogP contribution in [0.25, 0.3) is 0 Å². The molecular formula is C6H10O2. The van der Waals surface area contributed by atoms with Gasteiger partial charge >= 0.3 is 0 Å². The predicted octanol–water partition coefficient (Wildman–Crippen LogP) is 0.0152. The zero-order valence-corrected chi connectivity index (χ0v) is 4.76. The maximum Gasteiger partial charge on any atom is 0.0548 e. The molecule has 1 aliphatic carbocycles. The molecule has 0 aromatic heterocycles. The summed E-state index contributed by atoms with van der Waals surface area (Å²) >= 11 is 0. The first-order valence-electron chi connectivity index (χ1n) is 3.06. The maximum absolute atomic E-state index is 8.79. The molecule has 2 atom stereocenters. The standard InChI is InChI=1S/C6H10O2/c7-3-6-1-5(6)2-8-4-6/h5,7H,1-4H2/t5?,6-/m1/s1. The molecule has 1 saturated carbocycles. The van der Waals surface area contributed by atoms with Crippen LogP contribution in [-0.4, -0.2) is 24.9 Å². The molecule has 2 rings (SSSR count). The van der Waals surface area contributed by atoms with E-state index in [2.05, 4.69) is 0 Å². The maximum atomic E-state index is 8.79. The van der Waals surface area contributed by atoms with Gasteiger partial charge in [-0.05, 0) is 12.3 Å². The smallest absolute Gasteiger partial charge is 0.0548 e. The molecule has 2 aliphatic rings. The lowest BCUT2D eigenvalue weighted by Gasteiger charge is -2.02. The van der Waals surface area contributed by atoms with Gasteiger partial charge in [0, 0.05) is 5.41 Å². The van der Waals surface area contributed by atoms with Crippen molar-refractivity contribution in [3.05, 3.63) is 0 Å². The van der Waals surface area contributed by atoms with Gasteiger partial charge in [0.25, 0.3) is 0 Å². The fourth-order valence-corrected chi connectivity index (χ4v) is 1.49. The number of fused-ring (bicyclic) bond motifs is 1. The second-order valence-corrected chi connectivity index (χ2v) is 2.94. The van der Waals surface area contributed by atoms with Crippen molar-refractivity contribution < 1.29 is 9.84 Å². The molecule has 2 fully saturated rings. The molecule has 1 saturated heterocycles. The van der Waals surface area contributed by atoms with Crippen molar-refractivity contribution in [3.8, 4) is 0 Å². The summed E-state index contributed by atoms with van der Waals surface area (Å²) in [4.78, 5) is 0. The van der Waals surface area contributed by atoms with E-state index >= 15 is 0 Å². The van der Waals surface area contributed by atoms with Gasteiger partial charge in [-0.15, -0.1) is 0 Å². The minimum absolute atomic E-state index is 0.236. The van der Waals surface area contributed by atoms with Crippen molar-refractivity contribution in [1.82, 2.24) is 0 Å². The highest BCUT2D eigenvalue weighted by Crippen LogP contribution is 2.56. The average Bonchev–Trinajstić information content (AvgIpc) is 2.38. The number of aliphatic hydroxyl groups excluding tert-OH is 1. The SMILES string of the molecule is OC[C@]12COCC1C2. The van der Waals surface area contributed by atoms with E-state index in [-0.39, 0.29) is 5.41 Å². The molecule has 0 spiro atoms. The largest absolute Gasteiger partial charge is 0.396 e. The number of aliphatic hydroxyl groups is 1. The lowest BCUT2D eigenvalue weighted by atomic mass is 10.1. The van der Waals surface area contributed by atoms with E-state index in [0.717, 1.165) is 13.2 Å². The van der Waals surface area contributed by atoms with Gasteiger partial charge in [-0.25, -0.2) is 0 Å². The van der Waals surface area contributed by atoms with Crippen LogP contribution >= 0.6 is 0 Å². The van der Waals surface area contributed by atoms with Crippen LogP contribution in [0.15, 0.2) is 0 Å². The summed E-state index contributed by atoms with van der Waals surface area (Å²) in [6.45, 7) is 2.02. The van der Waals surface area contributed by atoms with Gasteiger partial charge in [0.05, 0.1) is 19.8 Å². The molecule has 0 radical (unpaired) electrons. The zero-order chi connectivity index (χ0) is 5.61. The third kappa shape index (κ3) is 0.400. The molecule has 46 valence electrons. The Balaban J connectivity index is 2.08. The fourth-order valence-electron chi connectivity index (χ4n) is 1.49. The van der Waals surface area contributed by atoms with Crippen LogP contribution in [0.4, 0.5) is 0 Å². The quantitative estimate of drug-likeness (QED) is 0.520. The predicted molar refractivity (Wildman–Crippen MR) is 28.4 cm³/mol. The first-order chi connectivity index (χ1) is 3.87. The Bertz CT molecular complexity index is 109. The number of ether oxygens (including phenoxy) is 1. The van der Waals surface area contributed by atoms with Crippen LogP contribution < -0.4 is 0 Å². The van der Waals surface area contributed by atoms with E-state index in [9.17, 15) is 0 Å². The van der Waals surface area contributed by atoms with Gasteiger partial charge < -0.3 is 9.84 Å². The van der Waals surface area contributed by atoms with E-state index in [1.165, 1.54) is 6.42 Å². The Labute approximate surface area is 48.5 Å². The molecule has 0 aromatic carbocycles. The minimum Gasteiger partial charge on any atom is -0.396 e. The topological polar surface area (TPSA) is 29.5 Å². The summed E-state index contributed by atoms with van der Waals surface area (Å²) in [7, 11) is 0. The van der Waals surface area contributed by atoms with Crippen LogP contribution in [0.2, 0.25) is 0 Å². The number of hydrogen-bond donors (Lipinski definition) is 1. The van der Waals surface area contributed by atoms with Crippen molar-refractivity contribution in [2.24, 2.45) is 11.3 Å². The molecule has 8 heavy (non-hydrogen) atoms. The lowest BCUT2D eigenvalue weighted by Crippen LogP contribution is -2.09. The van der Waals surface area contributed by atoms with Crippen molar-refractivity contribution in [2.45, 2.75) is 6.42 Å². The fraction of sp³-hybridized carbons (Fsp3) is 1.00. The molecule has 0 bridgehead atoms. The molecule has 2 nitrogen and oxygen atoms in total. The molecule has 1 heterocycles. The second-order valence-electron chi connectivity index (χ2n) is 2.94. The third-order valence-electron chi connectivity index (χ3n) is 2.38. The van der Waals surface area contributed by atoms with Gasteiger partial charge in [-0.1, -0.05) is 0 Å². The summed E-state index contributed by atoms with van der Waals surface area (Å²) in [5.74, 6) is 0.701. The molecule has 0 amide bonds. The Morgan fingerprint density at radius 3 is 2.88 bits per heavy atom. The van der Waals surface area contributed by atoms with Crippen molar-refractivity contribution in [3.63, 3.8) is 0 Å². The first kappa shape index (κ1) is 4.77. The first-order valence-corrected chi connectivity index (χ1v) is 3.06. The molecule has 0 aromatic rings. The molecule has 1 N–H and O–H groups in total. The Morgan fingerprint density at radius 1 is 1.75 bits per heavy atom. The van der Waals surface area contributed by atoms with Crippen molar-refractivity contribution >= 4 is 0 Å². The lowest BCUT2D eigenvalue weighted by molar-refractivity contribution is 0.117. The molecular weight excluding hydrogens is 104 g/mol. The van der Waals surface area contributed by atoms with Crippen LogP contribution in [0, 0.1) is 11.3 Å². The number of hydrogen-bond acceptors (Lipinski definition) is 2. The highest BCUT2D eigenvalue weighted by Gasteiger charge is 2.57. The number of rotatable bonds is 1. The van der Waals surface area contributed by atoms with Crippen LogP contribution in [-0.2, 0) is 4.74 Å². The van der Waals surface area contributed by atoms with E-state index < -0.39 is 0 Å². The molecule has 1 unspecified atom stereocenters. The van der Waals surface area contributed by atoms with E-state index in [1.54, 1.807) is 0 Å². The zero-order valence-electron chi connectivity index (χ0n) is 4.76. The van der Waals surface area contributed by atoms with E-state index in [1.807, 2.05) is 0 Å². The van der Waals surface area contributed by atoms with E-state index in [4.69, 9.17) is 9.84 Å². The summed E-state index contributed by atoms with van der Waals surface area (Å²) < 4.78 is 5.14. The van der Waals surface area contributed by atoms with Gasteiger partial charge in [0.15, 0.2) is 0 Å². The Morgan fingerprint density at radius 2 is 2.62 bits per heavy atom. The summed E-state index contributed by atoms with van der Waals surface area (Å²) in [5, 5.41) is 8.79. The van der Waals surface area contributed by atoms with E-state index in [0.29, 0.717) is 12.5 Å². The normalized spacial score (nSPS) is 51.4. The Hall–Kier alpha value is -0.0800. The summed E-state index contributed by atoms with van der Waals surface area (Å²) in [6, 6.07) is 0. The molecule has 2 heteroatoms. The average molecular weight is 114 g/mol. The van der Waals surface area contributed by atoms with Gasteiger partial charge in [0.2, 0.25) is 0 Å². The highest BCUT2D eigenvalue weighted by molar-refractivity contribution is 5.05. The summed E-state index contributed by atoms with van der Waals surface area (Å²) in [5.41, 5.74) is 0.236. The van der Waals surface area contributed by atoms with Crippen LogP contribution in [0.1, 0.15) is 6.42 Å². The monoisotopic (exact) mass is 114 g/mol. The third-order valence-corrected chi connectivity index (χ3v) is 2.38. The highest BCUT2D eigenvalue weighted by atomic mass is 16.5. The van der Waals surface area contributed by atoms with Crippen molar-refractivity contribution in [1.29, 1.82) is 0 Å². The second kappa shape index (κ2) is 1.25. The Kier molecular flexibility index (Phi) is 0.746. The van der Waals surface area contributed by atoms with Crippen molar-refractivity contribution in [2.75, 3.05) is 19.8 Å². The van der Waals surface area contributed by atoms with Gasteiger partial charge in [-0.3, -0.25) is 0 Å². The molecule has 1 aliphatic heterocycles. The van der Waals surface area contributed by atoms with Crippen LogP contribution in [0.3, 0.4) is 0 Å². The van der Waals surface area contributed by atoms with Gasteiger partial charge in [-0.2, -0.15) is 0 Å². The van der Waals surface area contributed by atoms with Gasteiger partial charge in [0.1, 0.15) is 0 Å². The summed E-state index contributed by atoms with van der Waals surface area (Å²) in [6.07, 6.45) is 1.20. The van der Waals surface area contributed by atoms with Crippen LogP contribution in [0.5, 0.6) is 0 Å². The minimum atomic E-state index is 0.236.